The molecule has 19 heavy (non-hydrogen) atoms. The molecule has 0 atom stereocenters. The number of halogens is 1. The predicted molar refractivity (Wildman–Crippen MR) is 68.8 cm³/mol. The Morgan fingerprint density at radius 3 is 2.79 bits per heavy atom. The van der Waals surface area contributed by atoms with Crippen molar-refractivity contribution in [3.05, 3.63) is 59.8 Å². The van der Waals surface area contributed by atoms with Gasteiger partial charge in [-0.15, -0.1) is 0 Å². The number of nitrogens with one attached hydrogen (secondary N) is 1. The number of carbonyl (C=O) groups excluding carboxylic acids is 1. The highest BCUT2D eigenvalue weighted by atomic mass is 19.1. The van der Waals surface area contributed by atoms with Gasteiger partial charge in [-0.25, -0.2) is 9.18 Å². The smallest absolute Gasteiger partial charge is 0.317 e. The van der Waals surface area contributed by atoms with E-state index in [-0.39, 0.29) is 18.4 Å². The van der Waals surface area contributed by atoms with Crippen LogP contribution in [-0.4, -0.2) is 18.0 Å². The average molecular weight is 262 g/mol. The van der Waals surface area contributed by atoms with Gasteiger partial charge in [0.1, 0.15) is 11.6 Å². The first-order valence-corrected chi connectivity index (χ1v) is 5.91. The lowest BCUT2D eigenvalue weighted by Gasteiger charge is -2.16. The van der Waals surface area contributed by atoms with Gasteiger partial charge in [-0.1, -0.05) is 18.2 Å². The zero-order valence-electron chi connectivity index (χ0n) is 10.6. The van der Waals surface area contributed by atoms with E-state index in [0.29, 0.717) is 17.9 Å². The van der Waals surface area contributed by atoms with E-state index in [2.05, 4.69) is 5.32 Å². The molecule has 1 heterocycles. The van der Waals surface area contributed by atoms with Gasteiger partial charge < -0.3 is 14.6 Å². The molecule has 0 fully saturated rings. The lowest BCUT2D eigenvalue weighted by atomic mass is 10.2. The Morgan fingerprint density at radius 2 is 2.11 bits per heavy atom. The molecule has 0 radical (unpaired) electrons. The molecule has 2 rings (SSSR count). The first-order chi connectivity index (χ1) is 9.16. The van der Waals surface area contributed by atoms with Crippen LogP contribution >= 0.6 is 0 Å². The Balaban J connectivity index is 1.86. The zero-order valence-corrected chi connectivity index (χ0v) is 10.6. The zero-order chi connectivity index (χ0) is 13.7. The van der Waals surface area contributed by atoms with Crippen molar-refractivity contribution in [1.82, 2.24) is 10.2 Å². The molecule has 2 aromatic rings. The van der Waals surface area contributed by atoms with Crippen molar-refractivity contribution in [2.75, 3.05) is 7.05 Å². The van der Waals surface area contributed by atoms with Crippen molar-refractivity contribution >= 4 is 6.03 Å². The maximum Gasteiger partial charge on any atom is 0.317 e. The Bertz CT molecular complexity index is 540. The van der Waals surface area contributed by atoms with Crippen LogP contribution in [-0.2, 0) is 13.1 Å². The van der Waals surface area contributed by atoms with Crippen molar-refractivity contribution < 1.29 is 13.6 Å². The number of rotatable bonds is 4. The maximum atomic E-state index is 13.4. The molecular formula is C14H15FN2O2. The van der Waals surface area contributed by atoms with E-state index < -0.39 is 0 Å². The molecule has 5 heteroatoms. The van der Waals surface area contributed by atoms with Gasteiger partial charge in [0, 0.05) is 19.2 Å². The Morgan fingerprint density at radius 1 is 1.32 bits per heavy atom. The third-order valence-corrected chi connectivity index (χ3v) is 2.71. The van der Waals surface area contributed by atoms with E-state index in [4.69, 9.17) is 4.42 Å². The van der Waals surface area contributed by atoms with E-state index in [1.54, 1.807) is 43.6 Å². The van der Waals surface area contributed by atoms with Gasteiger partial charge in [0.15, 0.2) is 0 Å². The summed E-state index contributed by atoms with van der Waals surface area (Å²) in [6.45, 7) is 0.532. The van der Waals surface area contributed by atoms with Gasteiger partial charge in [0.05, 0.1) is 12.8 Å². The van der Waals surface area contributed by atoms with Crippen molar-refractivity contribution in [1.29, 1.82) is 0 Å². The van der Waals surface area contributed by atoms with E-state index in [9.17, 15) is 9.18 Å². The van der Waals surface area contributed by atoms with Crippen LogP contribution in [0.25, 0.3) is 0 Å². The number of benzene rings is 1. The van der Waals surface area contributed by atoms with E-state index in [1.807, 2.05) is 0 Å². The van der Waals surface area contributed by atoms with E-state index in [0.717, 1.165) is 0 Å². The quantitative estimate of drug-likeness (QED) is 0.920. The third kappa shape index (κ3) is 3.58. The highest BCUT2D eigenvalue weighted by Crippen LogP contribution is 2.07. The fourth-order valence-electron chi connectivity index (χ4n) is 1.66. The number of hydrogen-bond donors (Lipinski definition) is 1. The molecule has 0 unspecified atom stereocenters. The molecule has 4 nitrogen and oxygen atoms in total. The minimum atomic E-state index is -0.323. The molecule has 1 aromatic heterocycles. The molecule has 0 aliphatic heterocycles. The second-order valence-electron chi connectivity index (χ2n) is 4.19. The SMILES string of the molecule is CN(Cc1ccco1)C(=O)NCc1ccccc1F. The van der Waals surface area contributed by atoms with Crippen molar-refractivity contribution in [3.8, 4) is 0 Å². The second kappa shape index (κ2) is 6.04. The molecule has 0 bridgehead atoms. The lowest BCUT2D eigenvalue weighted by molar-refractivity contribution is 0.202. The van der Waals surface area contributed by atoms with Crippen LogP contribution in [0.3, 0.4) is 0 Å². The molecule has 0 spiro atoms. The monoisotopic (exact) mass is 262 g/mol. The van der Waals surface area contributed by atoms with Gasteiger partial charge in [-0.3, -0.25) is 0 Å². The Kier molecular flexibility index (Phi) is 4.18. The fourth-order valence-corrected chi connectivity index (χ4v) is 1.66. The fraction of sp³-hybridized carbons (Fsp3) is 0.214. The van der Waals surface area contributed by atoms with Crippen LogP contribution < -0.4 is 5.32 Å². The van der Waals surface area contributed by atoms with Gasteiger partial charge in [-0.05, 0) is 18.2 Å². The molecule has 0 saturated carbocycles. The Labute approximate surface area is 110 Å². The minimum absolute atomic E-state index is 0.161. The third-order valence-electron chi connectivity index (χ3n) is 2.71. The van der Waals surface area contributed by atoms with Crippen molar-refractivity contribution in [2.45, 2.75) is 13.1 Å². The normalized spacial score (nSPS) is 10.2. The van der Waals surface area contributed by atoms with E-state index >= 15 is 0 Å². The maximum absolute atomic E-state index is 13.4. The second-order valence-corrected chi connectivity index (χ2v) is 4.19. The summed E-state index contributed by atoms with van der Waals surface area (Å²) < 4.78 is 18.5. The van der Waals surface area contributed by atoms with Crippen molar-refractivity contribution in [2.24, 2.45) is 0 Å². The summed E-state index contributed by atoms with van der Waals surface area (Å²) in [5, 5.41) is 2.66. The summed E-state index contributed by atoms with van der Waals surface area (Å²) in [5.74, 6) is 0.375. The van der Waals surface area contributed by atoms with Crippen molar-refractivity contribution in [3.63, 3.8) is 0 Å². The summed E-state index contributed by atoms with van der Waals surface area (Å²) in [4.78, 5) is 13.3. The first-order valence-electron chi connectivity index (χ1n) is 5.91. The number of carbonyl (C=O) groups is 1. The number of amides is 2. The van der Waals surface area contributed by atoms with Crippen LogP contribution in [0.15, 0.2) is 47.1 Å². The average Bonchev–Trinajstić information content (AvgIpc) is 2.90. The standard InChI is InChI=1S/C14H15FN2O2/c1-17(10-12-6-4-8-19-12)14(18)16-9-11-5-2-3-7-13(11)15/h2-8H,9-10H2,1H3,(H,16,18). The molecule has 1 N–H and O–H groups in total. The van der Waals surface area contributed by atoms with Crippen LogP contribution in [0.1, 0.15) is 11.3 Å². The number of furan rings is 1. The first kappa shape index (κ1) is 13.1. The van der Waals surface area contributed by atoms with Gasteiger partial charge in [0.2, 0.25) is 0 Å². The molecule has 100 valence electrons. The number of hydrogen-bond acceptors (Lipinski definition) is 2. The highest BCUT2D eigenvalue weighted by Gasteiger charge is 2.10. The van der Waals surface area contributed by atoms with Gasteiger partial charge >= 0.3 is 6.03 Å². The summed E-state index contributed by atoms with van der Waals surface area (Å²) >= 11 is 0. The molecule has 0 aliphatic rings. The van der Waals surface area contributed by atoms with Crippen LogP contribution in [0, 0.1) is 5.82 Å². The van der Waals surface area contributed by atoms with Crippen LogP contribution in [0.4, 0.5) is 9.18 Å². The molecule has 0 saturated heterocycles. The summed E-state index contributed by atoms with van der Waals surface area (Å²) in [7, 11) is 1.65. The number of urea groups is 1. The largest absolute Gasteiger partial charge is 0.467 e. The number of nitrogens with zero attached hydrogens (tertiary/aromatic N) is 1. The molecule has 0 aliphatic carbocycles. The predicted octanol–water partition coefficient (Wildman–Crippen LogP) is 2.76. The molecular weight excluding hydrogens is 247 g/mol. The minimum Gasteiger partial charge on any atom is -0.467 e. The lowest BCUT2D eigenvalue weighted by Crippen LogP contribution is -2.36. The van der Waals surface area contributed by atoms with Gasteiger partial charge in [0.25, 0.3) is 0 Å². The molecule has 1 aromatic carbocycles. The highest BCUT2D eigenvalue weighted by molar-refractivity contribution is 5.73. The summed E-state index contributed by atoms with van der Waals surface area (Å²) in [6, 6.07) is 9.64. The van der Waals surface area contributed by atoms with Crippen LogP contribution in [0.5, 0.6) is 0 Å². The summed E-state index contributed by atoms with van der Waals surface area (Å²) in [6.07, 6.45) is 1.56. The topological polar surface area (TPSA) is 45.5 Å². The molecule has 2 amide bonds. The summed E-state index contributed by atoms with van der Waals surface area (Å²) in [5.41, 5.74) is 0.460. The van der Waals surface area contributed by atoms with Crippen LogP contribution in [0.2, 0.25) is 0 Å². The van der Waals surface area contributed by atoms with Gasteiger partial charge in [-0.2, -0.15) is 0 Å². The Hall–Kier alpha value is -2.30. The van der Waals surface area contributed by atoms with E-state index in [1.165, 1.54) is 11.0 Å².